The number of halogens is 1. The van der Waals surface area contributed by atoms with Crippen molar-refractivity contribution >= 4 is 11.7 Å². The minimum absolute atomic E-state index is 0.347. The van der Waals surface area contributed by atoms with Gasteiger partial charge in [-0.2, -0.15) is 5.54 Å². The molecule has 0 fully saturated rings. The van der Waals surface area contributed by atoms with E-state index >= 15 is 0 Å². The van der Waals surface area contributed by atoms with Crippen LogP contribution in [0.5, 0.6) is 0 Å². The van der Waals surface area contributed by atoms with Gasteiger partial charge < -0.3 is 0 Å². The second-order valence-electron chi connectivity index (χ2n) is 1.40. The van der Waals surface area contributed by atoms with Gasteiger partial charge in [-0.25, -0.2) is 0 Å². The summed E-state index contributed by atoms with van der Waals surface area (Å²) < 4.78 is 11.0. The molecule has 4 heteroatoms. The first-order chi connectivity index (χ1) is 3.66. The van der Waals surface area contributed by atoms with Crippen LogP contribution in [-0.2, 0) is 9.59 Å². The number of ketones is 1. The van der Waals surface area contributed by atoms with Crippen molar-refractivity contribution in [2.75, 3.05) is 0 Å². The molecule has 0 rings (SSSR count). The van der Waals surface area contributed by atoms with Gasteiger partial charge in [0.05, 0.1) is 6.42 Å². The number of hydrogen-bond acceptors (Lipinski definition) is 2. The van der Waals surface area contributed by atoms with Gasteiger partial charge >= 0.3 is 0 Å². The summed E-state index contributed by atoms with van der Waals surface area (Å²) in [5, 5.41) is 0. The van der Waals surface area contributed by atoms with Crippen molar-refractivity contribution in [1.82, 2.24) is 5.54 Å². The lowest BCUT2D eigenvalue weighted by atomic mass is 10.3. The Morgan fingerprint density at radius 1 is 1.62 bits per heavy atom. The summed E-state index contributed by atoms with van der Waals surface area (Å²) in [5.74, 6) is -1.24. The fourth-order valence-corrected chi connectivity index (χ4v) is 0.260. The van der Waals surface area contributed by atoms with Gasteiger partial charge in [-0.15, -0.1) is 4.48 Å². The molecule has 0 aromatic carbocycles. The molecule has 1 amide bonds. The van der Waals surface area contributed by atoms with E-state index in [1.807, 2.05) is 0 Å². The van der Waals surface area contributed by atoms with Gasteiger partial charge in [0.2, 0.25) is 0 Å². The highest BCUT2D eigenvalue weighted by Gasteiger charge is 2.01. The van der Waals surface area contributed by atoms with E-state index in [0.29, 0.717) is 0 Å². The monoisotopic (exact) mass is 119 g/mol. The molecule has 1 N–H and O–H groups in total. The van der Waals surface area contributed by atoms with Crippen LogP contribution in [0, 0.1) is 0 Å². The summed E-state index contributed by atoms with van der Waals surface area (Å²) in [6, 6.07) is 0. The molecule has 3 nitrogen and oxygen atoms in total. The Morgan fingerprint density at radius 2 is 2.12 bits per heavy atom. The Bertz CT molecular complexity index is 113. The number of rotatable bonds is 2. The molecule has 0 aromatic rings. The van der Waals surface area contributed by atoms with Crippen LogP contribution in [0.1, 0.15) is 13.3 Å². The summed E-state index contributed by atoms with van der Waals surface area (Å²) in [7, 11) is 0. The molecule has 0 aliphatic heterocycles. The maximum atomic E-state index is 11.0. The molecule has 0 bridgehead atoms. The smallest absolute Gasteiger partial charge is 0.255 e. The zero-order chi connectivity index (χ0) is 6.57. The van der Waals surface area contributed by atoms with Crippen LogP contribution < -0.4 is 5.54 Å². The van der Waals surface area contributed by atoms with Crippen molar-refractivity contribution in [3.8, 4) is 0 Å². The number of nitrogens with one attached hydrogen (secondary N) is 1. The van der Waals surface area contributed by atoms with E-state index in [4.69, 9.17) is 0 Å². The Labute approximate surface area is 45.8 Å². The molecule has 0 radical (unpaired) electrons. The largest absolute Gasteiger partial charge is 0.299 e. The second kappa shape index (κ2) is 3.12. The van der Waals surface area contributed by atoms with Crippen molar-refractivity contribution in [2.24, 2.45) is 0 Å². The maximum absolute atomic E-state index is 11.0. The van der Waals surface area contributed by atoms with E-state index in [1.165, 1.54) is 6.92 Å². The lowest BCUT2D eigenvalue weighted by molar-refractivity contribution is -0.130. The molecular weight excluding hydrogens is 113 g/mol. The number of carbonyl (C=O) groups is 2. The Morgan fingerprint density at radius 3 is 2.25 bits per heavy atom. The molecule has 0 aliphatic carbocycles. The Hall–Kier alpha value is -0.930. The number of Topliss-reactive ketones (excluding diaryl/α,β-unsaturated/α-hetero) is 1. The van der Waals surface area contributed by atoms with E-state index in [2.05, 4.69) is 0 Å². The molecule has 0 saturated heterocycles. The average molecular weight is 119 g/mol. The highest BCUT2D eigenvalue weighted by atomic mass is 19.2. The van der Waals surface area contributed by atoms with Crippen LogP contribution in [0.15, 0.2) is 0 Å². The van der Waals surface area contributed by atoms with Gasteiger partial charge in [-0.3, -0.25) is 9.59 Å². The zero-order valence-corrected chi connectivity index (χ0v) is 4.40. The summed E-state index contributed by atoms with van der Waals surface area (Å²) in [4.78, 5) is 19.9. The summed E-state index contributed by atoms with van der Waals surface area (Å²) >= 11 is 0. The molecule has 0 saturated carbocycles. The molecule has 0 atom stereocenters. The molecule has 0 aromatic heterocycles. The Kier molecular flexibility index (Phi) is 2.76. The van der Waals surface area contributed by atoms with Gasteiger partial charge in [-0.05, 0) is 6.92 Å². The third-order valence-corrected chi connectivity index (χ3v) is 0.515. The van der Waals surface area contributed by atoms with Crippen LogP contribution in [0.4, 0.5) is 4.48 Å². The number of amides is 1. The molecule has 0 spiro atoms. The van der Waals surface area contributed by atoms with Crippen molar-refractivity contribution in [3.63, 3.8) is 0 Å². The number of carbonyl (C=O) groups excluding carboxylic acids is 2. The predicted molar refractivity (Wildman–Crippen MR) is 24.5 cm³/mol. The van der Waals surface area contributed by atoms with E-state index in [0.717, 1.165) is 5.54 Å². The quantitative estimate of drug-likeness (QED) is 0.409. The maximum Gasteiger partial charge on any atom is 0.255 e. The van der Waals surface area contributed by atoms with Crippen molar-refractivity contribution < 1.29 is 14.1 Å². The van der Waals surface area contributed by atoms with Gasteiger partial charge in [0.25, 0.3) is 5.91 Å². The highest BCUT2D eigenvalue weighted by molar-refractivity contribution is 5.96. The third-order valence-electron chi connectivity index (χ3n) is 0.515. The normalized spacial score (nSPS) is 8.25. The lowest BCUT2D eigenvalue weighted by Crippen LogP contribution is -2.16. The van der Waals surface area contributed by atoms with Crippen LogP contribution in [-0.4, -0.2) is 11.7 Å². The SMILES string of the molecule is CC(=O)CC(=O)NF. The first kappa shape index (κ1) is 7.07. The lowest BCUT2D eigenvalue weighted by Gasteiger charge is -1.87. The summed E-state index contributed by atoms with van der Waals surface area (Å²) in [6.45, 7) is 1.22. The van der Waals surface area contributed by atoms with Crippen molar-refractivity contribution in [1.29, 1.82) is 0 Å². The standard InChI is InChI=1S/C4H6FNO2/c1-3(7)2-4(8)6-5/h2H2,1H3,(H,6,8). The van der Waals surface area contributed by atoms with Crippen LogP contribution in [0.2, 0.25) is 0 Å². The Balaban J connectivity index is 3.40. The van der Waals surface area contributed by atoms with Gasteiger partial charge in [0.1, 0.15) is 5.78 Å². The van der Waals surface area contributed by atoms with Gasteiger partial charge in [-0.1, -0.05) is 0 Å². The molecular formula is C4H6FNO2. The van der Waals surface area contributed by atoms with E-state index in [-0.39, 0.29) is 12.2 Å². The predicted octanol–water partition coefficient (Wildman–Crippen LogP) is -0.0338. The van der Waals surface area contributed by atoms with Crippen LogP contribution >= 0.6 is 0 Å². The first-order valence-corrected chi connectivity index (χ1v) is 2.05. The van der Waals surface area contributed by atoms with Crippen LogP contribution in [0.25, 0.3) is 0 Å². The topological polar surface area (TPSA) is 46.2 Å². The van der Waals surface area contributed by atoms with E-state index in [9.17, 15) is 14.1 Å². The van der Waals surface area contributed by atoms with E-state index in [1.54, 1.807) is 0 Å². The summed E-state index contributed by atoms with van der Waals surface area (Å²) in [5.41, 5.74) is 0.837. The fraction of sp³-hybridized carbons (Fsp3) is 0.500. The first-order valence-electron chi connectivity index (χ1n) is 2.05. The van der Waals surface area contributed by atoms with Crippen molar-refractivity contribution in [3.05, 3.63) is 0 Å². The molecule has 0 unspecified atom stereocenters. The van der Waals surface area contributed by atoms with Crippen LogP contribution in [0.3, 0.4) is 0 Å². The molecule has 8 heavy (non-hydrogen) atoms. The fourth-order valence-electron chi connectivity index (χ4n) is 0.260. The van der Waals surface area contributed by atoms with Gasteiger partial charge in [0, 0.05) is 0 Å². The average Bonchev–Trinajstić information content (AvgIpc) is 1.65. The summed E-state index contributed by atoms with van der Waals surface area (Å²) in [6.07, 6.45) is -0.378. The molecule has 0 heterocycles. The number of hydrogen-bond donors (Lipinski definition) is 1. The van der Waals surface area contributed by atoms with Gasteiger partial charge in [0.15, 0.2) is 0 Å². The minimum atomic E-state index is -0.891. The highest BCUT2D eigenvalue weighted by Crippen LogP contribution is 1.79. The van der Waals surface area contributed by atoms with Crippen molar-refractivity contribution in [2.45, 2.75) is 13.3 Å². The second-order valence-corrected chi connectivity index (χ2v) is 1.40. The zero-order valence-electron chi connectivity index (χ0n) is 4.40. The molecule has 0 aliphatic rings. The third kappa shape index (κ3) is 3.27. The minimum Gasteiger partial charge on any atom is -0.299 e. The van der Waals surface area contributed by atoms with E-state index < -0.39 is 5.91 Å². The molecule has 46 valence electrons.